The van der Waals surface area contributed by atoms with Crippen molar-refractivity contribution in [2.75, 3.05) is 12.3 Å². The summed E-state index contributed by atoms with van der Waals surface area (Å²) in [5.74, 6) is 0.467. The molecular weight excluding hydrogens is 262 g/mol. The number of hydrogen-bond donors (Lipinski definition) is 1. The number of nitrogens with one attached hydrogen (secondary N) is 1. The van der Waals surface area contributed by atoms with Crippen LogP contribution in [0.3, 0.4) is 0 Å². The summed E-state index contributed by atoms with van der Waals surface area (Å²) in [4.78, 5) is 11.1. The quantitative estimate of drug-likeness (QED) is 0.471. The fourth-order valence-electron chi connectivity index (χ4n) is 1.48. The number of thioether (sulfide) groups is 1. The lowest BCUT2D eigenvalue weighted by molar-refractivity contribution is -0.387. The maximum absolute atomic E-state index is 10.9. The van der Waals surface area contributed by atoms with E-state index in [1.165, 1.54) is 17.8 Å². The molecule has 6 heteroatoms. The number of nitrogens with zero attached hydrogens (tertiary/aromatic N) is 2. The lowest BCUT2D eigenvalue weighted by Gasteiger charge is -2.22. The van der Waals surface area contributed by atoms with Crippen LogP contribution in [-0.4, -0.2) is 22.8 Å². The Balaban J connectivity index is 2.76. The normalized spacial score (nSPS) is 13.5. The van der Waals surface area contributed by atoms with Gasteiger partial charge in [0.05, 0.1) is 15.9 Å². The van der Waals surface area contributed by atoms with Gasteiger partial charge in [-0.15, -0.1) is 11.8 Å². The molecule has 1 aromatic rings. The van der Waals surface area contributed by atoms with Gasteiger partial charge < -0.3 is 0 Å². The average Bonchev–Trinajstić information content (AvgIpc) is 2.43. The fourth-order valence-corrected chi connectivity index (χ4v) is 2.55. The molecule has 0 saturated heterocycles. The summed E-state index contributed by atoms with van der Waals surface area (Å²) in [6.07, 6.45) is 0.938. The molecule has 1 N–H and O–H groups in total. The zero-order chi connectivity index (χ0) is 14.3. The lowest BCUT2D eigenvalue weighted by atomic mass is 10.1. The molecule has 0 aliphatic rings. The van der Waals surface area contributed by atoms with Gasteiger partial charge >= 0.3 is 0 Å². The molecule has 1 atom stereocenters. The first-order valence-electron chi connectivity index (χ1n) is 6.05. The monoisotopic (exact) mass is 279 g/mol. The van der Waals surface area contributed by atoms with Crippen LogP contribution < -0.4 is 5.32 Å². The van der Waals surface area contributed by atoms with Crippen molar-refractivity contribution < 1.29 is 4.92 Å². The fraction of sp³-hybridized carbons (Fsp3) is 0.462. The minimum atomic E-state index is -0.676. The Hall–Kier alpha value is -1.58. The number of para-hydroxylation sites is 1. The van der Waals surface area contributed by atoms with Crippen molar-refractivity contribution in [2.45, 2.75) is 30.7 Å². The summed E-state index contributed by atoms with van der Waals surface area (Å²) in [6, 6.07) is 8.82. The molecule has 0 fully saturated rings. The lowest BCUT2D eigenvalue weighted by Crippen LogP contribution is -2.43. The number of benzene rings is 1. The van der Waals surface area contributed by atoms with E-state index in [9.17, 15) is 15.4 Å². The highest BCUT2D eigenvalue weighted by molar-refractivity contribution is 7.99. The third-order valence-corrected chi connectivity index (χ3v) is 3.97. The van der Waals surface area contributed by atoms with Gasteiger partial charge in [0.15, 0.2) is 0 Å². The third kappa shape index (κ3) is 4.54. The molecule has 1 aromatic carbocycles. The molecule has 0 aliphatic heterocycles. The minimum absolute atomic E-state index is 0.0864. The van der Waals surface area contributed by atoms with Crippen molar-refractivity contribution in [3.63, 3.8) is 0 Å². The van der Waals surface area contributed by atoms with Gasteiger partial charge in [0.2, 0.25) is 0 Å². The summed E-state index contributed by atoms with van der Waals surface area (Å²) in [7, 11) is 0. The Morgan fingerprint density at radius 1 is 1.53 bits per heavy atom. The van der Waals surface area contributed by atoms with E-state index in [-0.39, 0.29) is 5.69 Å². The smallest absolute Gasteiger partial charge is 0.282 e. The van der Waals surface area contributed by atoms with E-state index in [0.717, 1.165) is 13.0 Å². The first kappa shape index (κ1) is 15.5. The van der Waals surface area contributed by atoms with Gasteiger partial charge in [-0.1, -0.05) is 19.1 Å². The molecule has 5 nitrogen and oxygen atoms in total. The topological polar surface area (TPSA) is 79.0 Å². The molecule has 1 unspecified atom stereocenters. The summed E-state index contributed by atoms with van der Waals surface area (Å²) in [5, 5.41) is 23.3. The SMILES string of the molecule is CCCNC(C)(C#N)CSc1ccccc1[N+](=O)[O-]. The molecule has 19 heavy (non-hydrogen) atoms. The van der Waals surface area contributed by atoms with E-state index in [2.05, 4.69) is 11.4 Å². The molecule has 0 aliphatic carbocycles. The molecule has 0 saturated carbocycles. The highest BCUT2D eigenvalue weighted by atomic mass is 32.2. The molecule has 0 radical (unpaired) electrons. The maximum Gasteiger partial charge on any atom is 0.282 e. The van der Waals surface area contributed by atoms with Crippen LogP contribution in [0.15, 0.2) is 29.2 Å². The van der Waals surface area contributed by atoms with E-state index in [4.69, 9.17) is 0 Å². The Bertz CT molecular complexity index is 487. The number of nitriles is 1. The molecular formula is C13H17N3O2S. The predicted octanol–water partition coefficient (Wildman–Crippen LogP) is 2.97. The van der Waals surface area contributed by atoms with Gasteiger partial charge in [-0.3, -0.25) is 15.4 Å². The van der Waals surface area contributed by atoms with Crippen LogP contribution in [0.1, 0.15) is 20.3 Å². The van der Waals surface area contributed by atoms with Gasteiger partial charge in [0, 0.05) is 11.8 Å². The number of nitro benzene ring substituents is 1. The standard InChI is InChI=1S/C13H17N3O2S/c1-3-8-15-13(2,9-14)10-19-12-7-5-4-6-11(12)16(17)18/h4-7,15H,3,8,10H2,1-2H3. The van der Waals surface area contributed by atoms with Crippen LogP contribution in [0.5, 0.6) is 0 Å². The van der Waals surface area contributed by atoms with Crippen molar-refractivity contribution >= 4 is 17.4 Å². The summed E-state index contributed by atoms with van der Waals surface area (Å²) in [5.41, 5.74) is -0.590. The van der Waals surface area contributed by atoms with Crippen molar-refractivity contribution in [1.82, 2.24) is 5.32 Å². The highest BCUT2D eigenvalue weighted by Gasteiger charge is 2.24. The van der Waals surface area contributed by atoms with Gasteiger partial charge in [-0.05, 0) is 26.0 Å². The molecule has 0 aromatic heterocycles. The van der Waals surface area contributed by atoms with E-state index in [1.807, 2.05) is 13.8 Å². The van der Waals surface area contributed by atoms with E-state index in [1.54, 1.807) is 18.2 Å². The van der Waals surface area contributed by atoms with Gasteiger partial charge in [-0.2, -0.15) is 5.26 Å². The molecule has 0 bridgehead atoms. The summed E-state index contributed by atoms with van der Waals surface area (Å²) >= 11 is 1.33. The van der Waals surface area contributed by atoms with Gasteiger partial charge in [0.1, 0.15) is 5.54 Å². The minimum Gasteiger partial charge on any atom is -0.299 e. The number of nitro groups is 1. The zero-order valence-corrected chi connectivity index (χ0v) is 11.9. The largest absolute Gasteiger partial charge is 0.299 e. The van der Waals surface area contributed by atoms with Crippen molar-refractivity contribution in [1.29, 1.82) is 5.26 Å². The maximum atomic E-state index is 10.9. The number of hydrogen-bond acceptors (Lipinski definition) is 5. The Kier molecular flexibility index (Phi) is 5.80. The van der Waals surface area contributed by atoms with Crippen molar-refractivity contribution in [2.24, 2.45) is 0 Å². The Morgan fingerprint density at radius 3 is 2.79 bits per heavy atom. The predicted molar refractivity (Wildman–Crippen MR) is 76.1 cm³/mol. The van der Waals surface area contributed by atoms with Crippen LogP contribution in [0, 0.1) is 21.4 Å². The Morgan fingerprint density at radius 2 is 2.21 bits per heavy atom. The third-order valence-electron chi connectivity index (χ3n) is 2.59. The second-order valence-electron chi connectivity index (χ2n) is 4.38. The van der Waals surface area contributed by atoms with E-state index in [0.29, 0.717) is 10.6 Å². The zero-order valence-electron chi connectivity index (χ0n) is 11.0. The second-order valence-corrected chi connectivity index (χ2v) is 5.40. The second kappa shape index (κ2) is 7.12. The molecule has 0 heterocycles. The molecule has 102 valence electrons. The number of rotatable bonds is 7. The first-order valence-corrected chi connectivity index (χ1v) is 7.03. The Labute approximate surface area is 117 Å². The first-order chi connectivity index (χ1) is 9.02. The van der Waals surface area contributed by atoms with Crippen LogP contribution in [0.2, 0.25) is 0 Å². The highest BCUT2D eigenvalue weighted by Crippen LogP contribution is 2.30. The molecule has 0 spiro atoms. The van der Waals surface area contributed by atoms with Gasteiger partial charge in [-0.25, -0.2) is 0 Å². The van der Waals surface area contributed by atoms with E-state index >= 15 is 0 Å². The average molecular weight is 279 g/mol. The van der Waals surface area contributed by atoms with E-state index < -0.39 is 10.5 Å². The van der Waals surface area contributed by atoms with Crippen LogP contribution >= 0.6 is 11.8 Å². The molecule has 1 rings (SSSR count). The van der Waals surface area contributed by atoms with Gasteiger partial charge in [0.25, 0.3) is 5.69 Å². The van der Waals surface area contributed by atoms with Crippen LogP contribution in [0.4, 0.5) is 5.69 Å². The van der Waals surface area contributed by atoms with Crippen LogP contribution in [-0.2, 0) is 0 Å². The van der Waals surface area contributed by atoms with Crippen molar-refractivity contribution in [3.05, 3.63) is 34.4 Å². The summed E-state index contributed by atoms with van der Waals surface area (Å²) < 4.78 is 0. The van der Waals surface area contributed by atoms with Crippen LogP contribution in [0.25, 0.3) is 0 Å². The molecule has 0 amide bonds. The summed E-state index contributed by atoms with van der Waals surface area (Å²) in [6.45, 7) is 4.59. The van der Waals surface area contributed by atoms with Crippen molar-refractivity contribution in [3.8, 4) is 6.07 Å².